The Morgan fingerprint density at radius 3 is 2.12 bits per heavy atom. The van der Waals surface area contributed by atoms with Crippen LogP contribution in [-0.4, -0.2) is 47.3 Å². The first-order valence-electron chi connectivity index (χ1n) is 9.43. The van der Waals surface area contributed by atoms with Crippen LogP contribution in [0.5, 0.6) is 5.75 Å². The van der Waals surface area contributed by atoms with Crippen LogP contribution in [0.3, 0.4) is 0 Å². The van der Waals surface area contributed by atoms with Gasteiger partial charge >= 0.3 is 0 Å². The highest BCUT2D eigenvalue weighted by Crippen LogP contribution is 2.30. The molecule has 2 rings (SSSR count). The molecule has 1 aliphatic carbocycles. The van der Waals surface area contributed by atoms with E-state index in [1.54, 1.807) is 0 Å². The number of aliphatic hydroxyl groups excluding tert-OH is 1. The fraction of sp³-hybridized carbons (Fsp3) is 0.524. The predicted molar refractivity (Wildman–Crippen MR) is 105 cm³/mol. The number of phenols is 1. The second-order valence-electron chi connectivity index (χ2n) is 6.48. The van der Waals surface area contributed by atoms with Gasteiger partial charge in [0.05, 0.1) is 5.76 Å². The number of rotatable bonds is 8. The molecular weight excluding hydrogens is 312 g/mol. The zero-order valence-electron chi connectivity index (χ0n) is 15.9. The van der Waals surface area contributed by atoms with Crippen molar-refractivity contribution < 1.29 is 10.2 Å². The molecule has 25 heavy (non-hydrogen) atoms. The molecular formula is C21H32N2O2. The van der Waals surface area contributed by atoms with Gasteiger partial charge in [0, 0.05) is 36.8 Å². The number of benzene rings is 1. The second kappa shape index (κ2) is 8.95. The zero-order chi connectivity index (χ0) is 18.4. The van der Waals surface area contributed by atoms with Crippen molar-refractivity contribution in [1.82, 2.24) is 4.90 Å². The van der Waals surface area contributed by atoms with E-state index in [2.05, 4.69) is 49.6 Å². The summed E-state index contributed by atoms with van der Waals surface area (Å²) in [5.74, 6) is 0.625. The number of aromatic hydroxyl groups is 1. The van der Waals surface area contributed by atoms with Gasteiger partial charge in [0.2, 0.25) is 0 Å². The van der Waals surface area contributed by atoms with Crippen molar-refractivity contribution in [2.45, 2.75) is 40.2 Å². The molecule has 4 heteroatoms. The van der Waals surface area contributed by atoms with Gasteiger partial charge in [-0.2, -0.15) is 0 Å². The monoisotopic (exact) mass is 344 g/mol. The molecule has 2 unspecified atom stereocenters. The van der Waals surface area contributed by atoms with Crippen molar-refractivity contribution >= 4 is 5.69 Å². The van der Waals surface area contributed by atoms with E-state index < -0.39 is 0 Å². The van der Waals surface area contributed by atoms with Gasteiger partial charge in [0.1, 0.15) is 5.75 Å². The fourth-order valence-corrected chi connectivity index (χ4v) is 3.49. The summed E-state index contributed by atoms with van der Waals surface area (Å²) in [6, 6.07) is 6.01. The van der Waals surface area contributed by atoms with Gasteiger partial charge in [-0.3, -0.25) is 4.90 Å². The summed E-state index contributed by atoms with van der Waals surface area (Å²) >= 11 is 0. The maximum Gasteiger partial charge on any atom is 0.120 e. The van der Waals surface area contributed by atoms with E-state index in [0.29, 0.717) is 17.9 Å². The molecule has 0 spiro atoms. The highest BCUT2D eigenvalue weighted by molar-refractivity contribution is 5.53. The molecule has 0 amide bonds. The van der Waals surface area contributed by atoms with Crippen molar-refractivity contribution in [2.24, 2.45) is 5.92 Å². The van der Waals surface area contributed by atoms with Crippen molar-refractivity contribution in [3.63, 3.8) is 0 Å². The smallest absolute Gasteiger partial charge is 0.120 e. The van der Waals surface area contributed by atoms with Gasteiger partial charge in [0.15, 0.2) is 0 Å². The molecule has 0 aliphatic heterocycles. The molecule has 0 aromatic heterocycles. The molecule has 0 fully saturated rings. The van der Waals surface area contributed by atoms with E-state index >= 15 is 0 Å². The maximum absolute atomic E-state index is 10.4. The Labute approximate surface area is 152 Å². The lowest BCUT2D eigenvalue weighted by Gasteiger charge is -2.29. The van der Waals surface area contributed by atoms with E-state index in [1.165, 1.54) is 0 Å². The lowest BCUT2D eigenvalue weighted by Crippen LogP contribution is -2.34. The SMILES string of the molecule is CCN(CC)c1ccc(CC2C=CC(N(CC)CC)C=C2O)c(O)c1. The minimum absolute atomic E-state index is 0.0722. The molecule has 0 bridgehead atoms. The van der Waals surface area contributed by atoms with Crippen LogP contribution >= 0.6 is 0 Å². The lowest BCUT2D eigenvalue weighted by molar-refractivity contribution is 0.268. The molecule has 4 nitrogen and oxygen atoms in total. The summed E-state index contributed by atoms with van der Waals surface area (Å²) in [5, 5.41) is 20.8. The normalized spacial score (nSPS) is 20.0. The van der Waals surface area contributed by atoms with Crippen molar-refractivity contribution in [1.29, 1.82) is 0 Å². The molecule has 0 radical (unpaired) electrons. The van der Waals surface area contributed by atoms with Gasteiger partial charge in [-0.05, 0) is 51.1 Å². The summed E-state index contributed by atoms with van der Waals surface area (Å²) < 4.78 is 0. The molecule has 1 aromatic rings. The Bertz CT molecular complexity index is 616. The second-order valence-corrected chi connectivity index (χ2v) is 6.48. The number of likely N-dealkylation sites (N-methyl/N-ethyl adjacent to an activating group) is 1. The minimum atomic E-state index is -0.0722. The summed E-state index contributed by atoms with van der Waals surface area (Å²) in [5.41, 5.74) is 1.90. The molecule has 1 aromatic carbocycles. The Morgan fingerprint density at radius 1 is 0.920 bits per heavy atom. The van der Waals surface area contributed by atoms with Crippen LogP contribution in [-0.2, 0) is 6.42 Å². The third-order valence-electron chi connectivity index (χ3n) is 5.13. The summed E-state index contributed by atoms with van der Waals surface area (Å²) in [4.78, 5) is 4.50. The van der Waals surface area contributed by atoms with Crippen LogP contribution in [0.4, 0.5) is 5.69 Å². The molecule has 0 saturated heterocycles. The van der Waals surface area contributed by atoms with Crippen LogP contribution in [0.15, 0.2) is 42.2 Å². The van der Waals surface area contributed by atoms with E-state index in [1.807, 2.05) is 24.3 Å². The Kier molecular flexibility index (Phi) is 6.94. The van der Waals surface area contributed by atoms with Gasteiger partial charge in [-0.1, -0.05) is 32.1 Å². The minimum Gasteiger partial charge on any atom is -0.512 e. The third-order valence-corrected chi connectivity index (χ3v) is 5.13. The van der Waals surface area contributed by atoms with Crippen LogP contribution < -0.4 is 4.90 Å². The van der Waals surface area contributed by atoms with Crippen molar-refractivity contribution in [3.8, 4) is 5.75 Å². The van der Waals surface area contributed by atoms with E-state index in [-0.39, 0.29) is 12.0 Å². The number of hydrogen-bond donors (Lipinski definition) is 2. The predicted octanol–water partition coefficient (Wildman–Crippen LogP) is 4.12. The highest BCUT2D eigenvalue weighted by Gasteiger charge is 2.22. The first-order valence-corrected chi connectivity index (χ1v) is 9.43. The number of anilines is 1. The number of aliphatic hydroxyl groups is 1. The number of phenolic OH excluding ortho intramolecular Hbond substituents is 1. The van der Waals surface area contributed by atoms with Crippen LogP contribution in [0.1, 0.15) is 33.3 Å². The van der Waals surface area contributed by atoms with E-state index in [4.69, 9.17) is 0 Å². The lowest BCUT2D eigenvalue weighted by atomic mass is 9.91. The molecule has 138 valence electrons. The zero-order valence-corrected chi connectivity index (χ0v) is 15.9. The fourth-order valence-electron chi connectivity index (χ4n) is 3.49. The summed E-state index contributed by atoms with van der Waals surface area (Å²) in [6.45, 7) is 12.2. The number of allylic oxidation sites excluding steroid dienone is 1. The van der Waals surface area contributed by atoms with Gasteiger partial charge in [-0.15, -0.1) is 0 Å². The Balaban J connectivity index is 2.10. The van der Waals surface area contributed by atoms with E-state index in [9.17, 15) is 10.2 Å². The number of nitrogens with zero attached hydrogens (tertiary/aromatic N) is 2. The molecule has 0 saturated carbocycles. The van der Waals surface area contributed by atoms with Crippen LogP contribution in [0.2, 0.25) is 0 Å². The quantitative estimate of drug-likeness (QED) is 0.697. The number of hydrogen-bond acceptors (Lipinski definition) is 4. The van der Waals surface area contributed by atoms with Crippen LogP contribution in [0.25, 0.3) is 0 Å². The summed E-state index contributed by atoms with van der Waals surface area (Å²) in [6.07, 6.45) is 6.75. The van der Waals surface area contributed by atoms with Crippen molar-refractivity contribution in [2.75, 3.05) is 31.1 Å². The summed E-state index contributed by atoms with van der Waals surface area (Å²) in [7, 11) is 0. The van der Waals surface area contributed by atoms with Crippen LogP contribution in [0, 0.1) is 5.92 Å². The first-order chi connectivity index (χ1) is 12.0. The third kappa shape index (κ3) is 4.57. The maximum atomic E-state index is 10.4. The van der Waals surface area contributed by atoms with Crippen molar-refractivity contribution in [3.05, 3.63) is 47.7 Å². The molecule has 0 heterocycles. The van der Waals surface area contributed by atoms with Gasteiger partial charge in [0.25, 0.3) is 0 Å². The Hall–Kier alpha value is -1.94. The van der Waals surface area contributed by atoms with Gasteiger partial charge in [-0.25, -0.2) is 0 Å². The van der Waals surface area contributed by atoms with Gasteiger partial charge < -0.3 is 15.1 Å². The average Bonchev–Trinajstić information content (AvgIpc) is 2.61. The largest absolute Gasteiger partial charge is 0.512 e. The topological polar surface area (TPSA) is 46.9 Å². The standard InChI is InChI=1S/C21H32N2O2/c1-5-22(6-2)18-11-9-16(20(24)14-18)13-17-10-12-19(15-21(17)25)23(7-3)8-4/h9-12,14-16,18,24-25H,5-8,13H2,1-4H3. The molecule has 2 atom stereocenters. The molecule has 2 N–H and O–H groups in total. The van der Waals surface area contributed by atoms with E-state index in [0.717, 1.165) is 37.4 Å². The Morgan fingerprint density at radius 2 is 1.60 bits per heavy atom. The average molecular weight is 344 g/mol. The first kappa shape index (κ1) is 19.4. The molecule has 1 aliphatic rings. The highest BCUT2D eigenvalue weighted by atomic mass is 16.3.